The Kier molecular flexibility index (Phi) is 3.38. The number of aryl methyl sites for hydroxylation is 1. The third kappa shape index (κ3) is 2.41. The maximum atomic E-state index is 10.1. The third-order valence-electron chi connectivity index (χ3n) is 4.82. The number of phenols is 2. The normalized spacial score (nSPS) is 19.7. The van der Waals surface area contributed by atoms with E-state index in [1.807, 2.05) is 24.3 Å². The van der Waals surface area contributed by atoms with Gasteiger partial charge < -0.3 is 10.2 Å². The highest BCUT2D eigenvalue weighted by molar-refractivity contribution is 7.10. The smallest absolute Gasteiger partial charge is 0.116 e. The van der Waals surface area contributed by atoms with E-state index >= 15 is 0 Å². The lowest BCUT2D eigenvalue weighted by molar-refractivity contribution is 0.474. The van der Waals surface area contributed by atoms with E-state index in [4.69, 9.17) is 0 Å². The number of rotatable bonds is 2. The Labute approximate surface area is 139 Å². The van der Waals surface area contributed by atoms with Crippen molar-refractivity contribution in [1.29, 1.82) is 0 Å². The molecule has 0 spiro atoms. The van der Waals surface area contributed by atoms with Gasteiger partial charge in [0.1, 0.15) is 11.5 Å². The summed E-state index contributed by atoms with van der Waals surface area (Å²) in [6.07, 6.45) is 0.967. The Balaban J connectivity index is 1.87. The summed E-state index contributed by atoms with van der Waals surface area (Å²) in [5.74, 6) is 1.24. The van der Waals surface area contributed by atoms with Crippen LogP contribution in [0.2, 0.25) is 0 Å². The maximum Gasteiger partial charge on any atom is 0.116 e. The summed E-state index contributed by atoms with van der Waals surface area (Å²) in [6, 6.07) is 15.6. The molecule has 1 aliphatic rings. The van der Waals surface area contributed by atoms with Crippen LogP contribution in [0.1, 0.15) is 39.0 Å². The first kappa shape index (κ1) is 14.3. The van der Waals surface area contributed by atoms with Crippen LogP contribution in [-0.2, 0) is 6.42 Å². The van der Waals surface area contributed by atoms with Gasteiger partial charge in [0.25, 0.3) is 0 Å². The van der Waals surface area contributed by atoms with Crippen molar-refractivity contribution in [2.75, 3.05) is 0 Å². The third-order valence-corrected chi connectivity index (χ3v) is 5.78. The second-order valence-electron chi connectivity index (χ2n) is 6.23. The number of hydrogen-bond acceptors (Lipinski definition) is 3. The summed E-state index contributed by atoms with van der Waals surface area (Å²) >= 11 is 1.77. The number of fused-ring (bicyclic) bond motifs is 1. The van der Waals surface area contributed by atoms with Gasteiger partial charge in [-0.3, -0.25) is 0 Å². The summed E-state index contributed by atoms with van der Waals surface area (Å²) < 4.78 is 0. The first-order valence-corrected chi connectivity index (χ1v) is 8.66. The first-order chi connectivity index (χ1) is 11.1. The summed E-state index contributed by atoms with van der Waals surface area (Å²) in [4.78, 5) is 1.33. The van der Waals surface area contributed by atoms with Gasteiger partial charge >= 0.3 is 0 Å². The Bertz CT molecular complexity index is 835. The number of hydrogen-bond donors (Lipinski definition) is 2. The lowest BCUT2D eigenvalue weighted by Crippen LogP contribution is -2.06. The Morgan fingerprint density at radius 3 is 2.48 bits per heavy atom. The Morgan fingerprint density at radius 2 is 1.78 bits per heavy atom. The van der Waals surface area contributed by atoms with E-state index in [1.165, 1.54) is 21.6 Å². The molecule has 0 saturated carbocycles. The van der Waals surface area contributed by atoms with Gasteiger partial charge in [-0.1, -0.05) is 18.2 Å². The predicted molar refractivity (Wildman–Crippen MR) is 93.6 cm³/mol. The number of benzene rings is 2. The molecule has 0 bridgehead atoms. The summed E-state index contributed by atoms with van der Waals surface area (Å²) in [7, 11) is 0. The standard InChI is InChI=1S/C20H18O2S/c1-12-9-15(22)10-18-16(12)11-17(13-4-6-14(21)7-5-13)20(18)19-3-2-8-23-19/h2-10,17,20-22H,11H2,1H3. The molecular formula is C20H18O2S. The zero-order chi connectivity index (χ0) is 16.0. The zero-order valence-electron chi connectivity index (χ0n) is 12.9. The molecule has 0 saturated heterocycles. The molecule has 2 nitrogen and oxygen atoms in total. The molecule has 4 rings (SSSR count). The number of thiophene rings is 1. The maximum absolute atomic E-state index is 10.1. The van der Waals surface area contributed by atoms with Crippen LogP contribution in [0.4, 0.5) is 0 Å². The molecule has 1 heterocycles. The van der Waals surface area contributed by atoms with Gasteiger partial charge in [0.05, 0.1) is 0 Å². The minimum Gasteiger partial charge on any atom is -0.508 e. The molecule has 0 fully saturated rings. The summed E-state index contributed by atoms with van der Waals surface area (Å²) in [5, 5.41) is 21.7. The van der Waals surface area contributed by atoms with Gasteiger partial charge in [-0.25, -0.2) is 0 Å². The van der Waals surface area contributed by atoms with E-state index in [0.29, 0.717) is 17.4 Å². The molecule has 3 heteroatoms. The van der Waals surface area contributed by atoms with Crippen molar-refractivity contribution in [2.24, 2.45) is 0 Å². The van der Waals surface area contributed by atoms with Crippen molar-refractivity contribution in [3.63, 3.8) is 0 Å². The van der Waals surface area contributed by atoms with Crippen LogP contribution in [0, 0.1) is 6.92 Å². The minimum atomic E-state index is 0.264. The molecule has 23 heavy (non-hydrogen) atoms. The van der Waals surface area contributed by atoms with Gasteiger partial charge in [0.15, 0.2) is 0 Å². The first-order valence-electron chi connectivity index (χ1n) is 7.78. The fraction of sp³-hybridized carbons (Fsp3) is 0.200. The quantitative estimate of drug-likeness (QED) is 0.701. The largest absolute Gasteiger partial charge is 0.508 e. The molecule has 2 unspecified atom stereocenters. The van der Waals surface area contributed by atoms with Crippen LogP contribution < -0.4 is 0 Å². The average molecular weight is 322 g/mol. The predicted octanol–water partition coefficient (Wildman–Crippen LogP) is 4.94. The summed E-state index contributed by atoms with van der Waals surface area (Å²) in [5.41, 5.74) is 4.97. The average Bonchev–Trinajstić information content (AvgIpc) is 3.14. The highest BCUT2D eigenvalue weighted by atomic mass is 32.1. The van der Waals surface area contributed by atoms with E-state index in [2.05, 4.69) is 24.4 Å². The lowest BCUT2D eigenvalue weighted by Gasteiger charge is -2.20. The molecule has 3 aromatic rings. The van der Waals surface area contributed by atoms with Crippen LogP contribution in [0.15, 0.2) is 53.9 Å². The number of phenolic OH excluding ortho intramolecular Hbond substituents is 2. The topological polar surface area (TPSA) is 40.5 Å². The monoisotopic (exact) mass is 322 g/mol. The molecule has 2 N–H and O–H groups in total. The molecule has 2 aromatic carbocycles. The molecule has 0 amide bonds. The molecular weight excluding hydrogens is 304 g/mol. The van der Waals surface area contributed by atoms with Gasteiger partial charge in [-0.2, -0.15) is 0 Å². The van der Waals surface area contributed by atoms with Gasteiger partial charge in [0, 0.05) is 10.8 Å². The summed E-state index contributed by atoms with van der Waals surface area (Å²) in [6.45, 7) is 2.07. The minimum absolute atomic E-state index is 0.264. The Hall–Kier alpha value is -2.26. The second kappa shape index (κ2) is 5.43. The van der Waals surface area contributed by atoms with Crippen LogP contribution in [0.25, 0.3) is 0 Å². The molecule has 0 radical (unpaired) electrons. The van der Waals surface area contributed by atoms with Crippen molar-refractivity contribution in [2.45, 2.75) is 25.2 Å². The van der Waals surface area contributed by atoms with Gasteiger partial charge in [-0.05, 0) is 77.2 Å². The second-order valence-corrected chi connectivity index (χ2v) is 7.20. The van der Waals surface area contributed by atoms with E-state index in [1.54, 1.807) is 23.5 Å². The molecule has 1 aromatic heterocycles. The molecule has 2 atom stereocenters. The highest BCUT2D eigenvalue weighted by Gasteiger charge is 2.36. The van der Waals surface area contributed by atoms with E-state index in [0.717, 1.165) is 12.0 Å². The van der Waals surface area contributed by atoms with E-state index in [9.17, 15) is 10.2 Å². The van der Waals surface area contributed by atoms with E-state index < -0.39 is 0 Å². The molecule has 116 valence electrons. The highest BCUT2D eigenvalue weighted by Crippen LogP contribution is 2.50. The molecule has 1 aliphatic carbocycles. The van der Waals surface area contributed by atoms with Crippen molar-refractivity contribution < 1.29 is 10.2 Å². The van der Waals surface area contributed by atoms with Crippen LogP contribution in [-0.4, -0.2) is 10.2 Å². The van der Waals surface area contributed by atoms with Crippen LogP contribution in [0.5, 0.6) is 11.5 Å². The fourth-order valence-electron chi connectivity index (χ4n) is 3.79. The number of aromatic hydroxyl groups is 2. The zero-order valence-corrected chi connectivity index (χ0v) is 13.7. The molecule has 0 aliphatic heterocycles. The van der Waals surface area contributed by atoms with Crippen molar-refractivity contribution in [1.82, 2.24) is 0 Å². The van der Waals surface area contributed by atoms with Crippen molar-refractivity contribution >= 4 is 11.3 Å². The van der Waals surface area contributed by atoms with Gasteiger partial charge in [-0.15, -0.1) is 11.3 Å². The van der Waals surface area contributed by atoms with E-state index in [-0.39, 0.29) is 5.92 Å². The van der Waals surface area contributed by atoms with Gasteiger partial charge in [0.2, 0.25) is 0 Å². The Morgan fingerprint density at radius 1 is 1.00 bits per heavy atom. The fourth-order valence-corrected chi connectivity index (χ4v) is 4.70. The van der Waals surface area contributed by atoms with Crippen LogP contribution in [0.3, 0.4) is 0 Å². The van der Waals surface area contributed by atoms with Crippen LogP contribution >= 0.6 is 11.3 Å². The lowest BCUT2D eigenvalue weighted by atomic mass is 9.85. The van der Waals surface area contributed by atoms with Crippen molar-refractivity contribution in [3.8, 4) is 11.5 Å². The SMILES string of the molecule is Cc1cc(O)cc2c1CC(c1ccc(O)cc1)C2c1cccs1. The van der Waals surface area contributed by atoms with Crippen molar-refractivity contribution in [3.05, 3.63) is 81.0 Å².